The minimum Gasteiger partial charge on any atom is -0.496 e. The van der Waals surface area contributed by atoms with Crippen molar-refractivity contribution < 1.29 is 32.6 Å². The van der Waals surface area contributed by atoms with Gasteiger partial charge < -0.3 is 20.9 Å². The highest BCUT2D eigenvalue weighted by atomic mass is 32.2. The van der Waals surface area contributed by atoms with E-state index in [2.05, 4.69) is 5.32 Å². The van der Waals surface area contributed by atoms with Crippen molar-refractivity contribution in [3.05, 3.63) is 23.8 Å². The fraction of sp³-hybridized carbons (Fsp3) is 0.400. The van der Waals surface area contributed by atoms with Crippen molar-refractivity contribution >= 4 is 27.8 Å². The number of carbonyl (C=O) groups excluding carboxylic acids is 2. The first kappa shape index (κ1) is 21.4. The van der Waals surface area contributed by atoms with Gasteiger partial charge >= 0.3 is 5.97 Å². The van der Waals surface area contributed by atoms with E-state index in [0.29, 0.717) is 0 Å². The molecule has 0 aromatic heterocycles. The lowest BCUT2D eigenvalue weighted by atomic mass is 10.2. The van der Waals surface area contributed by atoms with Crippen LogP contribution in [0.3, 0.4) is 0 Å². The van der Waals surface area contributed by atoms with Gasteiger partial charge in [-0.2, -0.15) is 4.31 Å². The van der Waals surface area contributed by atoms with Gasteiger partial charge in [0.05, 0.1) is 17.6 Å². The van der Waals surface area contributed by atoms with Crippen molar-refractivity contribution in [1.29, 1.82) is 0 Å². The molecule has 1 aromatic carbocycles. The van der Waals surface area contributed by atoms with Gasteiger partial charge in [-0.1, -0.05) is 0 Å². The summed E-state index contributed by atoms with van der Waals surface area (Å²) in [7, 11) is -2.99. The fourth-order valence-corrected chi connectivity index (χ4v) is 3.78. The van der Waals surface area contributed by atoms with Crippen molar-refractivity contribution in [3.63, 3.8) is 0 Å². The maximum absolute atomic E-state index is 12.9. The van der Waals surface area contributed by atoms with Crippen molar-refractivity contribution in [3.8, 4) is 5.75 Å². The molecule has 4 N–H and O–H groups in total. The highest BCUT2D eigenvalue weighted by molar-refractivity contribution is 7.89. The third kappa shape index (κ3) is 4.92. The molecule has 1 rings (SSSR count). The number of primary amides is 1. The van der Waals surface area contributed by atoms with Gasteiger partial charge in [0.15, 0.2) is 0 Å². The number of ether oxygens (including phenoxy) is 1. The Bertz CT molecular complexity index is 807. The summed E-state index contributed by atoms with van der Waals surface area (Å²) in [4.78, 5) is 33.5. The number of benzene rings is 1. The van der Waals surface area contributed by atoms with Gasteiger partial charge in [0.25, 0.3) is 5.91 Å². The smallest absolute Gasteiger partial charge is 0.321 e. The average molecular weight is 387 g/mol. The lowest BCUT2D eigenvalue weighted by Crippen LogP contribution is -2.46. The van der Waals surface area contributed by atoms with Crippen LogP contribution in [0.4, 0.5) is 0 Å². The largest absolute Gasteiger partial charge is 0.496 e. The number of rotatable bonds is 9. The molecule has 11 heteroatoms. The van der Waals surface area contributed by atoms with Crippen LogP contribution in [0.15, 0.2) is 23.1 Å². The van der Waals surface area contributed by atoms with Gasteiger partial charge in [-0.3, -0.25) is 14.4 Å². The topological polar surface area (TPSA) is 156 Å². The van der Waals surface area contributed by atoms with Crippen molar-refractivity contribution in [2.45, 2.75) is 24.8 Å². The fourth-order valence-electron chi connectivity index (χ4n) is 2.16. The van der Waals surface area contributed by atoms with Crippen molar-refractivity contribution in [2.24, 2.45) is 5.73 Å². The molecule has 0 aliphatic heterocycles. The second-order valence-electron chi connectivity index (χ2n) is 5.34. The summed E-state index contributed by atoms with van der Waals surface area (Å²) in [5.74, 6) is -2.55. The number of carboxylic acid groups (broad SMARTS) is 1. The minimum atomic E-state index is -4.29. The molecule has 0 saturated carbocycles. The lowest BCUT2D eigenvalue weighted by Gasteiger charge is -2.26. The van der Waals surface area contributed by atoms with E-state index in [4.69, 9.17) is 10.5 Å². The number of carbonyl (C=O) groups is 3. The highest BCUT2D eigenvalue weighted by Gasteiger charge is 2.33. The zero-order chi connectivity index (χ0) is 20.1. The van der Waals surface area contributed by atoms with E-state index < -0.39 is 27.9 Å². The Hall–Kier alpha value is -2.66. The van der Waals surface area contributed by atoms with Gasteiger partial charge in [0.2, 0.25) is 15.9 Å². The van der Waals surface area contributed by atoms with Crippen LogP contribution in [-0.2, 0) is 19.6 Å². The number of hydrogen-bond donors (Lipinski definition) is 3. The third-order valence-corrected chi connectivity index (χ3v) is 5.50. The molecule has 26 heavy (non-hydrogen) atoms. The molecule has 0 spiro atoms. The Morgan fingerprint density at radius 3 is 2.42 bits per heavy atom. The van der Waals surface area contributed by atoms with Crippen LogP contribution in [0.1, 0.15) is 24.2 Å². The summed E-state index contributed by atoms with van der Waals surface area (Å²) in [6.45, 7) is 2.10. The summed E-state index contributed by atoms with van der Waals surface area (Å²) in [6, 6.07) is 2.06. The van der Waals surface area contributed by atoms with Gasteiger partial charge in [-0.15, -0.1) is 0 Å². The van der Waals surface area contributed by atoms with Crippen LogP contribution in [0.5, 0.6) is 5.75 Å². The second kappa shape index (κ2) is 8.63. The van der Waals surface area contributed by atoms with Crippen LogP contribution < -0.4 is 15.8 Å². The number of sulfonamides is 1. The van der Waals surface area contributed by atoms with E-state index in [9.17, 15) is 27.9 Å². The van der Waals surface area contributed by atoms with Gasteiger partial charge in [0, 0.05) is 20.0 Å². The van der Waals surface area contributed by atoms with E-state index in [-0.39, 0.29) is 35.2 Å². The summed E-state index contributed by atoms with van der Waals surface area (Å²) in [5.41, 5.74) is 5.08. The molecule has 1 unspecified atom stereocenters. The molecule has 2 amide bonds. The van der Waals surface area contributed by atoms with Crippen LogP contribution in [0, 0.1) is 0 Å². The SMILES string of the molecule is COc1ccc(S(=O)(=O)N(CCNC(C)=O)C(C)C(=O)O)cc1C(N)=O. The molecular formula is C15H21N3O7S. The quantitative estimate of drug-likeness (QED) is 0.510. The molecular weight excluding hydrogens is 366 g/mol. The Morgan fingerprint density at radius 1 is 1.35 bits per heavy atom. The zero-order valence-electron chi connectivity index (χ0n) is 14.6. The van der Waals surface area contributed by atoms with Crippen LogP contribution in [-0.4, -0.2) is 61.9 Å². The number of amides is 2. The van der Waals surface area contributed by atoms with E-state index in [1.54, 1.807) is 0 Å². The molecule has 0 radical (unpaired) electrons. The first-order valence-corrected chi connectivity index (χ1v) is 8.93. The lowest BCUT2D eigenvalue weighted by molar-refractivity contribution is -0.140. The van der Waals surface area contributed by atoms with Crippen LogP contribution >= 0.6 is 0 Å². The summed E-state index contributed by atoms with van der Waals surface area (Å²) in [5, 5.41) is 11.6. The Balaban J connectivity index is 3.34. The standard InChI is InChI=1S/C15H21N3O7S/c1-9(15(21)22)18(7-6-17-10(2)19)26(23,24)11-4-5-13(25-3)12(8-11)14(16)20/h4-5,8-9H,6-7H2,1-3H3,(H2,16,20)(H,17,19)(H,21,22). The highest BCUT2D eigenvalue weighted by Crippen LogP contribution is 2.25. The van der Waals surface area contributed by atoms with Crippen molar-refractivity contribution in [1.82, 2.24) is 9.62 Å². The van der Waals surface area contributed by atoms with E-state index >= 15 is 0 Å². The monoisotopic (exact) mass is 387 g/mol. The summed E-state index contributed by atoms with van der Waals surface area (Å²) >= 11 is 0. The first-order valence-electron chi connectivity index (χ1n) is 7.49. The maximum Gasteiger partial charge on any atom is 0.321 e. The van der Waals surface area contributed by atoms with Crippen LogP contribution in [0.2, 0.25) is 0 Å². The first-order chi connectivity index (χ1) is 12.0. The number of nitrogens with zero attached hydrogens (tertiary/aromatic N) is 1. The Labute approximate surface area is 151 Å². The zero-order valence-corrected chi connectivity index (χ0v) is 15.4. The molecule has 0 aliphatic rings. The number of nitrogens with one attached hydrogen (secondary N) is 1. The molecule has 1 aromatic rings. The molecule has 0 bridgehead atoms. The van der Waals surface area contributed by atoms with E-state index in [1.807, 2.05) is 0 Å². The number of methoxy groups -OCH3 is 1. The minimum absolute atomic E-state index is 0.0784. The van der Waals surface area contributed by atoms with Crippen molar-refractivity contribution in [2.75, 3.05) is 20.2 Å². The molecule has 0 aliphatic carbocycles. The number of aliphatic carboxylic acids is 1. The predicted molar refractivity (Wildman–Crippen MR) is 91.2 cm³/mol. The van der Waals surface area contributed by atoms with Gasteiger partial charge in [-0.05, 0) is 25.1 Å². The molecule has 10 nitrogen and oxygen atoms in total. The average Bonchev–Trinajstić information content (AvgIpc) is 2.56. The van der Waals surface area contributed by atoms with Gasteiger partial charge in [-0.25, -0.2) is 8.42 Å². The number of hydrogen-bond acceptors (Lipinski definition) is 6. The normalized spacial score (nSPS) is 12.5. The van der Waals surface area contributed by atoms with E-state index in [1.165, 1.54) is 33.1 Å². The molecule has 1 atom stereocenters. The van der Waals surface area contributed by atoms with Crippen LogP contribution in [0.25, 0.3) is 0 Å². The number of carboxylic acids is 1. The predicted octanol–water partition coefficient (Wildman–Crippen LogP) is -0.606. The Kier molecular flexibility index (Phi) is 7.10. The second-order valence-corrected chi connectivity index (χ2v) is 7.23. The summed E-state index contributed by atoms with van der Waals surface area (Å²) in [6.07, 6.45) is 0. The molecule has 144 valence electrons. The molecule has 0 fully saturated rings. The Morgan fingerprint density at radius 2 is 1.96 bits per heavy atom. The number of nitrogens with two attached hydrogens (primary N) is 1. The van der Waals surface area contributed by atoms with E-state index in [0.717, 1.165) is 10.4 Å². The molecule has 0 saturated heterocycles. The summed E-state index contributed by atoms with van der Waals surface area (Å²) < 4.78 is 31.5. The third-order valence-electron chi connectivity index (χ3n) is 3.54. The molecule has 0 heterocycles. The maximum atomic E-state index is 12.9. The van der Waals surface area contributed by atoms with Gasteiger partial charge in [0.1, 0.15) is 11.8 Å².